The minimum atomic E-state index is -0.186. The summed E-state index contributed by atoms with van der Waals surface area (Å²) >= 11 is 1.73. The molecule has 0 aliphatic carbocycles. The Balaban J connectivity index is 1.37. The van der Waals surface area contributed by atoms with E-state index in [-0.39, 0.29) is 5.60 Å². The summed E-state index contributed by atoms with van der Waals surface area (Å²) in [4.78, 5) is 14.9. The van der Waals surface area contributed by atoms with Crippen molar-refractivity contribution in [3.63, 3.8) is 0 Å². The maximum absolute atomic E-state index is 6.08. The first-order valence-electron chi connectivity index (χ1n) is 12.6. The van der Waals surface area contributed by atoms with E-state index in [1.165, 1.54) is 47.3 Å². The summed E-state index contributed by atoms with van der Waals surface area (Å²) < 4.78 is 10.4. The Morgan fingerprint density at radius 2 is 1.91 bits per heavy atom. The Morgan fingerprint density at radius 3 is 2.77 bits per heavy atom. The van der Waals surface area contributed by atoms with Crippen LogP contribution in [-0.2, 0) is 24.3 Å². The van der Waals surface area contributed by atoms with Crippen molar-refractivity contribution in [2.75, 3.05) is 19.6 Å². The Labute approximate surface area is 208 Å². The van der Waals surface area contributed by atoms with Gasteiger partial charge in [0, 0.05) is 47.1 Å². The van der Waals surface area contributed by atoms with Gasteiger partial charge in [-0.25, -0.2) is 9.97 Å². The highest BCUT2D eigenvalue weighted by atomic mass is 32.1. The second-order valence-corrected chi connectivity index (χ2v) is 11.6. The second-order valence-electron chi connectivity index (χ2n) is 10.5. The van der Waals surface area contributed by atoms with E-state index in [9.17, 15) is 0 Å². The summed E-state index contributed by atoms with van der Waals surface area (Å²) in [6.07, 6.45) is 5.75. The van der Waals surface area contributed by atoms with Crippen LogP contribution in [0.4, 0.5) is 0 Å². The van der Waals surface area contributed by atoms with E-state index < -0.39 is 0 Å². The average Bonchev–Trinajstić information content (AvgIpc) is 3.61. The number of hydrogen-bond acceptors (Lipinski definition) is 6. The summed E-state index contributed by atoms with van der Waals surface area (Å²) in [6.45, 7) is 11.5. The van der Waals surface area contributed by atoms with Crippen LogP contribution in [0.3, 0.4) is 0 Å². The number of thiophene rings is 1. The lowest BCUT2D eigenvalue weighted by Crippen LogP contribution is -2.31. The fourth-order valence-electron chi connectivity index (χ4n) is 5.72. The lowest BCUT2D eigenvalue weighted by molar-refractivity contribution is -0.0379. The molecule has 0 amide bonds. The third-order valence-electron chi connectivity index (χ3n) is 7.55. The summed E-state index contributed by atoms with van der Waals surface area (Å²) in [5, 5.41) is 7.34. The molecule has 1 aromatic carbocycles. The Morgan fingerprint density at radius 1 is 1.09 bits per heavy atom. The van der Waals surface area contributed by atoms with Crippen LogP contribution in [0, 0.1) is 6.92 Å². The molecule has 0 bridgehead atoms. The molecule has 4 aromatic heterocycles. The maximum Gasteiger partial charge on any atom is 0.184 e. The van der Waals surface area contributed by atoms with Crippen molar-refractivity contribution >= 4 is 38.1 Å². The largest absolute Gasteiger partial charge is 0.370 e. The number of benzene rings is 1. The number of para-hydroxylation sites is 1. The number of rotatable bonds is 4. The maximum atomic E-state index is 6.08. The predicted molar refractivity (Wildman–Crippen MR) is 140 cm³/mol. The van der Waals surface area contributed by atoms with Crippen molar-refractivity contribution in [1.82, 2.24) is 29.0 Å². The average molecular weight is 487 g/mol. The van der Waals surface area contributed by atoms with Crippen molar-refractivity contribution < 1.29 is 4.74 Å². The number of ether oxygens (including phenoxy) is 1. The fraction of sp³-hybridized carbons (Fsp3) is 0.444. The van der Waals surface area contributed by atoms with E-state index in [0.717, 1.165) is 52.6 Å². The smallest absolute Gasteiger partial charge is 0.184 e. The number of likely N-dealkylation sites (tertiary alicyclic amines) is 1. The van der Waals surface area contributed by atoms with Crippen LogP contribution in [0.25, 0.3) is 38.2 Å². The van der Waals surface area contributed by atoms with E-state index >= 15 is 0 Å². The molecular weight excluding hydrogens is 456 g/mol. The minimum Gasteiger partial charge on any atom is -0.370 e. The number of nitrogens with zero attached hydrogens (tertiary/aromatic N) is 6. The number of aromatic nitrogens is 5. The molecule has 8 heteroatoms. The van der Waals surface area contributed by atoms with Gasteiger partial charge in [-0.05, 0) is 58.3 Å². The number of fused-ring (bicyclic) bond motifs is 6. The van der Waals surface area contributed by atoms with E-state index in [4.69, 9.17) is 19.8 Å². The van der Waals surface area contributed by atoms with E-state index in [1.807, 2.05) is 11.4 Å². The molecule has 180 valence electrons. The summed E-state index contributed by atoms with van der Waals surface area (Å²) in [7, 11) is 0. The highest BCUT2D eigenvalue weighted by Gasteiger charge is 2.31. The van der Waals surface area contributed by atoms with Crippen molar-refractivity contribution in [2.24, 2.45) is 0 Å². The van der Waals surface area contributed by atoms with Gasteiger partial charge >= 0.3 is 0 Å². The van der Waals surface area contributed by atoms with Crippen molar-refractivity contribution in [1.29, 1.82) is 0 Å². The standard InChI is InChI=1S/C27H30N6OS/c1-17-28-26-23(19-14-27(2,3)34-16-22(19)35-26)25-29-24(30-33(17)25)20-15-32(13-12-31-10-6-7-11-31)21-9-5-4-8-18(20)21/h4-5,8-9,15H,6-7,10-14,16H2,1-3H3. The number of hydrogen-bond donors (Lipinski definition) is 0. The lowest BCUT2D eigenvalue weighted by Gasteiger charge is -2.30. The second kappa shape index (κ2) is 7.85. The molecule has 2 aliphatic heterocycles. The molecule has 7 nitrogen and oxygen atoms in total. The zero-order chi connectivity index (χ0) is 23.7. The van der Waals surface area contributed by atoms with Crippen LogP contribution in [0.1, 0.15) is 43.0 Å². The first kappa shape index (κ1) is 21.5. The van der Waals surface area contributed by atoms with Gasteiger partial charge < -0.3 is 14.2 Å². The van der Waals surface area contributed by atoms with Gasteiger partial charge in [0.25, 0.3) is 0 Å². The molecule has 35 heavy (non-hydrogen) atoms. The zero-order valence-electron chi connectivity index (χ0n) is 20.5. The van der Waals surface area contributed by atoms with Gasteiger partial charge in [0.05, 0.1) is 17.6 Å². The first-order chi connectivity index (χ1) is 17.0. The van der Waals surface area contributed by atoms with Crippen LogP contribution in [0.15, 0.2) is 30.5 Å². The predicted octanol–water partition coefficient (Wildman–Crippen LogP) is 5.22. The molecule has 0 N–H and O–H groups in total. The summed E-state index contributed by atoms with van der Waals surface area (Å²) in [5.74, 6) is 1.63. The molecule has 2 aliphatic rings. The Bertz CT molecular complexity index is 1590. The van der Waals surface area contributed by atoms with Gasteiger partial charge in [-0.2, -0.15) is 4.52 Å². The van der Waals surface area contributed by atoms with Gasteiger partial charge in [-0.3, -0.25) is 0 Å². The Hall–Kier alpha value is -2.81. The lowest BCUT2D eigenvalue weighted by atomic mass is 9.94. The van der Waals surface area contributed by atoms with Crippen LogP contribution >= 0.6 is 11.3 Å². The monoisotopic (exact) mass is 486 g/mol. The van der Waals surface area contributed by atoms with Crippen molar-refractivity contribution in [3.05, 3.63) is 46.7 Å². The van der Waals surface area contributed by atoms with Crippen molar-refractivity contribution in [2.45, 2.75) is 58.8 Å². The van der Waals surface area contributed by atoms with Crippen LogP contribution in [-0.4, -0.2) is 54.3 Å². The van der Waals surface area contributed by atoms with E-state index in [0.29, 0.717) is 6.61 Å². The van der Waals surface area contributed by atoms with Crippen LogP contribution in [0.5, 0.6) is 0 Å². The molecule has 0 atom stereocenters. The van der Waals surface area contributed by atoms with E-state index in [1.54, 1.807) is 11.3 Å². The quantitative estimate of drug-likeness (QED) is 0.349. The topological polar surface area (TPSA) is 60.5 Å². The Kier molecular flexibility index (Phi) is 4.81. The van der Waals surface area contributed by atoms with Crippen LogP contribution < -0.4 is 0 Å². The normalized spacial score (nSPS) is 18.3. The molecule has 1 fully saturated rings. The molecule has 0 radical (unpaired) electrons. The van der Waals surface area contributed by atoms with Gasteiger partial charge in [-0.1, -0.05) is 18.2 Å². The van der Waals surface area contributed by atoms with Gasteiger partial charge in [0.1, 0.15) is 10.7 Å². The molecule has 7 rings (SSSR count). The third kappa shape index (κ3) is 3.50. The summed E-state index contributed by atoms with van der Waals surface area (Å²) in [5.41, 5.74) is 4.38. The molecule has 0 saturated carbocycles. The van der Waals surface area contributed by atoms with Gasteiger partial charge in [0.15, 0.2) is 11.5 Å². The molecule has 0 unspecified atom stereocenters. The fourth-order valence-corrected chi connectivity index (χ4v) is 6.86. The highest BCUT2D eigenvalue weighted by molar-refractivity contribution is 7.19. The van der Waals surface area contributed by atoms with Gasteiger partial charge in [-0.15, -0.1) is 16.4 Å². The van der Waals surface area contributed by atoms with Crippen LogP contribution in [0.2, 0.25) is 0 Å². The van der Waals surface area contributed by atoms with E-state index in [2.05, 4.69) is 53.8 Å². The summed E-state index contributed by atoms with van der Waals surface area (Å²) in [6, 6.07) is 8.63. The minimum absolute atomic E-state index is 0.186. The van der Waals surface area contributed by atoms with Crippen molar-refractivity contribution in [3.8, 4) is 11.4 Å². The SMILES string of the molecule is Cc1nc2sc3c(c2c2nc(-c4cn(CCN5CCCC5)c5ccccc45)nn12)CC(C)(C)OC3. The molecule has 0 spiro atoms. The number of aryl methyl sites for hydroxylation is 1. The molecule has 1 saturated heterocycles. The third-order valence-corrected chi connectivity index (χ3v) is 8.65. The highest BCUT2D eigenvalue weighted by Crippen LogP contribution is 2.40. The molecular formula is C27H30N6OS. The first-order valence-corrected chi connectivity index (χ1v) is 13.4. The molecule has 5 aromatic rings. The molecule has 6 heterocycles. The zero-order valence-corrected chi connectivity index (χ0v) is 21.4. The van der Waals surface area contributed by atoms with Gasteiger partial charge in [0.2, 0.25) is 0 Å².